The molecule has 3 aromatic rings. The van der Waals surface area contributed by atoms with Gasteiger partial charge in [0.2, 0.25) is 5.55 Å². The lowest BCUT2D eigenvalue weighted by Gasteiger charge is -2.24. The first-order valence-electron chi connectivity index (χ1n) is 9.23. The monoisotopic (exact) mass is 410 g/mol. The van der Waals surface area contributed by atoms with Crippen LogP contribution >= 0.6 is 0 Å². The molecule has 0 radical (unpaired) electrons. The number of hydrogen-bond acceptors (Lipinski definition) is 6. The van der Waals surface area contributed by atoms with Crippen LogP contribution in [0.1, 0.15) is 25.3 Å². The van der Waals surface area contributed by atoms with Crippen molar-refractivity contribution in [3.63, 3.8) is 0 Å². The van der Waals surface area contributed by atoms with Crippen molar-refractivity contribution >= 4 is 27.2 Å². The minimum Gasteiger partial charge on any atom is -0.446 e. The highest BCUT2D eigenvalue weighted by Gasteiger charge is 2.17. The van der Waals surface area contributed by atoms with Crippen LogP contribution in [0.15, 0.2) is 75.2 Å². The molecule has 0 bridgehead atoms. The number of fused-ring (bicyclic) bond motifs is 1. The predicted molar refractivity (Wildman–Crippen MR) is 112 cm³/mol. The van der Waals surface area contributed by atoms with E-state index in [0.29, 0.717) is 29.6 Å². The Kier molecular flexibility index (Phi) is 4.79. The average molecular weight is 410 g/mol. The zero-order chi connectivity index (χ0) is 20.6. The lowest BCUT2D eigenvalue weighted by molar-refractivity contribution is 0.500. The van der Waals surface area contributed by atoms with Crippen molar-refractivity contribution in [2.75, 3.05) is 16.3 Å². The van der Waals surface area contributed by atoms with E-state index in [9.17, 15) is 8.42 Å². The Balaban J connectivity index is 1.54. The second kappa shape index (κ2) is 7.29. The fourth-order valence-electron chi connectivity index (χ4n) is 3.15. The topological polar surface area (TPSA) is 101 Å². The van der Waals surface area contributed by atoms with E-state index in [1.165, 1.54) is 0 Å². The Morgan fingerprint density at radius 3 is 2.41 bits per heavy atom. The number of sulfonamides is 1. The van der Waals surface area contributed by atoms with Crippen molar-refractivity contribution in [3.8, 4) is 0 Å². The van der Waals surface area contributed by atoms with Crippen LogP contribution in [0.4, 0.5) is 11.4 Å². The molecular formula is C21H22N4O3S. The smallest absolute Gasteiger partial charge is 0.261 e. The summed E-state index contributed by atoms with van der Waals surface area (Å²) in [5.41, 5.74) is 9.12. The molecule has 4 rings (SSSR count). The van der Waals surface area contributed by atoms with Crippen molar-refractivity contribution in [2.24, 2.45) is 10.7 Å². The third kappa shape index (κ3) is 3.71. The van der Waals surface area contributed by atoms with Crippen molar-refractivity contribution in [2.45, 2.75) is 24.7 Å². The van der Waals surface area contributed by atoms with E-state index < -0.39 is 10.0 Å². The third-order valence-electron chi connectivity index (χ3n) is 4.86. The van der Waals surface area contributed by atoms with Crippen LogP contribution in [0.3, 0.4) is 0 Å². The van der Waals surface area contributed by atoms with E-state index in [1.807, 2.05) is 17.0 Å². The SMILES string of the molecule is CC(C)c1ccc(S(=O)(=O)Nc2ccc(N3CN=c4occc4=C3N)cc2)cc1. The van der Waals surface area contributed by atoms with E-state index in [2.05, 4.69) is 23.6 Å². The Hall–Kier alpha value is -3.26. The van der Waals surface area contributed by atoms with Crippen molar-refractivity contribution in [3.05, 3.63) is 77.2 Å². The highest BCUT2D eigenvalue weighted by Crippen LogP contribution is 2.23. The predicted octanol–water partition coefficient (Wildman–Crippen LogP) is 2.33. The molecule has 0 saturated heterocycles. The van der Waals surface area contributed by atoms with Crippen molar-refractivity contribution in [1.82, 2.24) is 0 Å². The molecule has 0 atom stereocenters. The van der Waals surface area contributed by atoms with Crippen LogP contribution in [-0.4, -0.2) is 15.1 Å². The molecule has 0 fully saturated rings. The molecule has 0 aliphatic carbocycles. The van der Waals surface area contributed by atoms with Gasteiger partial charge in [-0.05, 0) is 53.9 Å². The summed E-state index contributed by atoms with van der Waals surface area (Å²) in [6.45, 7) is 4.46. The zero-order valence-corrected chi connectivity index (χ0v) is 17.0. The second-order valence-electron chi connectivity index (χ2n) is 7.13. The fraction of sp³-hybridized carbons (Fsp3) is 0.190. The summed E-state index contributed by atoms with van der Waals surface area (Å²) in [6, 6.07) is 15.7. The molecule has 2 aromatic carbocycles. The summed E-state index contributed by atoms with van der Waals surface area (Å²) in [7, 11) is -3.66. The van der Waals surface area contributed by atoms with Gasteiger partial charge in [-0.3, -0.25) is 4.72 Å². The number of benzene rings is 2. The van der Waals surface area contributed by atoms with Gasteiger partial charge in [0.15, 0.2) is 0 Å². The molecule has 3 N–H and O–H groups in total. The molecule has 7 nitrogen and oxygen atoms in total. The molecular weight excluding hydrogens is 388 g/mol. The zero-order valence-electron chi connectivity index (χ0n) is 16.2. The first-order chi connectivity index (χ1) is 13.8. The molecule has 1 aliphatic heterocycles. The molecule has 0 saturated carbocycles. The van der Waals surface area contributed by atoms with Gasteiger partial charge in [-0.1, -0.05) is 26.0 Å². The lowest BCUT2D eigenvalue weighted by Crippen LogP contribution is -2.42. The van der Waals surface area contributed by atoms with Gasteiger partial charge in [-0.2, -0.15) is 0 Å². The number of nitrogens with one attached hydrogen (secondary N) is 1. The van der Waals surface area contributed by atoms with Gasteiger partial charge in [0.1, 0.15) is 12.5 Å². The van der Waals surface area contributed by atoms with E-state index in [4.69, 9.17) is 10.2 Å². The van der Waals surface area contributed by atoms with Crippen molar-refractivity contribution in [1.29, 1.82) is 0 Å². The Morgan fingerprint density at radius 1 is 1.07 bits per heavy atom. The number of nitrogens with two attached hydrogens (primary N) is 1. The summed E-state index contributed by atoms with van der Waals surface area (Å²) in [6.07, 6.45) is 1.55. The minimum absolute atomic E-state index is 0.228. The average Bonchev–Trinajstić information content (AvgIpc) is 3.19. The van der Waals surface area contributed by atoms with E-state index >= 15 is 0 Å². The van der Waals surface area contributed by atoms with Crippen LogP contribution < -0.4 is 26.1 Å². The molecule has 1 aromatic heterocycles. The summed E-state index contributed by atoms with van der Waals surface area (Å²) in [4.78, 5) is 6.41. The molecule has 8 heteroatoms. The molecule has 0 spiro atoms. The maximum Gasteiger partial charge on any atom is 0.261 e. The second-order valence-corrected chi connectivity index (χ2v) is 8.81. The Morgan fingerprint density at radius 2 is 1.76 bits per heavy atom. The lowest BCUT2D eigenvalue weighted by atomic mass is 10.0. The van der Waals surface area contributed by atoms with Crippen LogP contribution in [0.5, 0.6) is 0 Å². The Labute approximate surface area is 169 Å². The highest BCUT2D eigenvalue weighted by molar-refractivity contribution is 7.92. The van der Waals surface area contributed by atoms with Gasteiger partial charge in [0, 0.05) is 11.4 Å². The number of nitrogens with zero attached hydrogens (tertiary/aromatic N) is 2. The van der Waals surface area contributed by atoms with Gasteiger partial charge < -0.3 is 15.1 Å². The number of furan rings is 1. The number of anilines is 2. The van der Waals surface area contributed by atoms with Crippen LogP contribution in [-0.2, 0) is 10.0 Å². The van der Waals surface area contributed by atoms with Crippen LogP contribution in [0, 0.1) is 0 Å². The van der Waals surface area contributed by atoms with Gasteiger partial charge in [-0.15, -0.1) is 0 Å². The van der Waals surface area contributed by atoms with Crippen LogP contribution in [0.2, 0.25) is 0 Å². The summed E-state index contributed by atoms with van der Waals surface area (Å²) in [5, 5.41) is 0.742. The molecule has 0 amide bonds. The first-order valence-corrected chi connectivity index (χ1v) is 10.7. The van der Waals surface area contributed by atoms with Gasteiger partial charge >= 0.3 is 0 Å². The van der Waals surface area contributed by atoms with Gasteiger partial charge in [0.25, 0.3) is 10.0 Å². The van der Waals surface area contributed by atoms with Crippen LogP contribution in [0.25, 0.3) is 5.82 Å². The van der Waals surface area contributed by atoms with E-state index in [1.54, 1.807) is 48.7 Å². The van der Waals surface area contributed by atoms with Gasteiger partial charge in [-0.25, -0.2) is 13.4 Å². The number of hydrogen-bond donors (Lipinski definition) is 2. The molecule has 29 heavy (non-hydrogen) atoms. The molecule has 2 heterocycles. The molecule has 150 valence electrons. The quantitative estimate of drug-likeness (QED) is 0.672. The van der Waals surface area contributed by atoms with E-state index in [-0.39, 0.29) is 4.90 Å². The van der Waals surface area contributed by atoms with E-state index in [0.717, 1.165) is 16.5 Å². The summed E-state index contributed by atoms with van der Waals surface area (Å²) >= 11 is 0. The van der Waals surface area contributed by atoms with Gasteiger partial charge in [0.05, 0.1) is 16.4 Å². The first kappa shape index (κ1) is 19.1. The fourth-order valence-corrected chi connectivity index (χ4v) is 4.21. The minimum atomic E-state index is -3.66. The third-order valence-corrected chi connectivity index (χ3v) is 6.25. The largest absolute Gasteiger partial charge is 0.446 e. The highest BCUT2D eigenvalue weighted by atomic mass is 32.2. The number of rotatable bonds is 5. The molecule has 0 unspecified atom stereocenters. The normalized spacial score (nSPS) is 13.9. The summed E-state index contributed by atoms with van der Waals surface area (Å²) in [5.74, 6) is 0.887. The molecule has 1 aliphatic rings. The Bertz CT molecular complexity index is 1240. The maximum absolute atomic E-state index is 12.7. The summed E-state index contributed by atoms with van der Waals surface area (Å²) < 4.78 is 33.2. The standard InChI is InChI=1S/C21H22N4O3S/c1-14(2)15-3-9-18(10-4-15)29(26,27)24-16-5-7-17(8-6-16)25-13-23-21-19(20(25)22)11-12-28-21/h3-12,14,24H,13,22H2,1-2H3. The maximum atomic E-state index is 12.7. The van der Waals surface area contributed by atoms with Crippen molar-refractivity contribution < 1.29 is 12.8 Å².